The Morgan fingerprint density at radius 1 is 1.06 bits per heavy atom. The summed E-state index contributed by atoms with van der Waals surface area (Å²) in [6.07, 6.45) is 1.60. The molecular weight excluding hydrogens is 444 g/mol. The minimum absolute atomic E-state index is 0.0964. The number of rotatable bonds is 5. The maximum absolute atomic E-state index is 12.9. The van der Waals surface area contributed by atoms with Crippen molar-refractivity contribution in [3.8, 4) is 5.75 Å². The van der Waals surface area contributed by atoms with Crippen LogP contribution in [-0.4, -0.2) is 44.3 Å². The van der Waals surface area contributed by atoms with Gasteiger partial charge in [0.25, 0.3) is 0 Å². The summed E-state index contributed by atoms with van der Waals surface area (Å²) in [7, 11) is -1.94. The predicted molar refractivity (Wildman–Crippen MR) is 137 cm³/mol. The van der Waals surface area contributed by atoms with Crippen molar-refractivity contribution in [3.05, 3.63) is 59.7 Å². The van der Waals surface area contributed by atoms with Crippen molar-refractivity contribution in [3.63, 3.8) is 0 Å². The van der Waals surface area contributed by atoms with Gasteiger partial charge in [0.1, 0.15) is 12.4 Å². The molecule has 4 rings (SSSR count). The maximum Gasteiger partial charge on any atom is 0.410 e. The van der Waals surface area contributed by atoms with E-state index in [1.807, 2.05) is 53.4 Å². The molecule has 6 nitrogen and oxygen atoms in total. The Kier molecular flexibility index (Phi) is 6.76. The molecule has 0 unspecified atom stereocenters. The molecule has 2 amide bonds. The van der Waals surface area contributed by atoms with Gasteiger partial charge in [0.05, 0.1) is 6.42 Å². The van der Waals surface area contributed by atoms with Crippen LogP contribution < -0.4 is 9.33 Å². The van der Waals surface area contributed by atoms with E-state index >= 15 is 0 Å². The summed E-state index contributed by atoms with van der Waals surface area (Å²) in [5.74, 6) is 0.987. The molecular formula is C27H36N2O4Si. The highest BCUT2D eigenvalue weighted by molar-refractivity contribution is 6.74. The van der Waals surface area contributed by atoms with Crippen molar-refractivity contribution in [1.29, 1.82) is 0 Å². The molecule has 1 fully saturated rings. The molecule has 182 valence electrons. The monoisotopic (exact) mass is 480 g/mol. The number of ether oxygens (including phenoxy) is 1. The summed E-state index contributed by atoms with van der Waals surface area (Å²) >= 11 is 0. The van der Waals surface area contributed by atoms with Crippen LogP contribution >= 0.6 is 0 Å². The molecule has 2 aliphatic heterocycles. The van der Waals surface area contributed by atoms with Crippen LogP contribution in [0.4, 0.5) is 10.5 Å². The summed E-state index contributed by atoms with van der Waals surface area (Å²) in [5.41, 5.74) is 2.99. The Balaban J connectivity index is 1.36. The summed E-state index contributed by atoms with van der Waals surface area (Å²) in [6, 6.07) is 15.9. The van der Waals surface area contributed by atoms with Gasteiger partial charge in [-0.2, -0.15) is 0 Å². The second-order valence-corrected chi connectivity index (χ2v) is 15.6. The van der Waals surface area contributed by atoms with Crippen molar-refractivity contribution in [1.82, 2.24) is 4.90 Å². The number of likely N-dealkylation sites (tertiary alicyclic amines) is 1. The molecule has 1 saturated heterocycles. The van der Waals surface area contributed by atoms with Crippen LogP contribution in [0.5, 0.6) is 5.75 Å². The number of piperidine rings is 1. The van der Waals surface area contributed by atoms with Gasteiger partial charge >= 0.3 is 6.09 Å². The molecule has 0 saturated carbocycles. The normalized spacial score (nSPS) is 17.0. The maximum atomic E-state index is 12.9. The fourth-order valence-corrected chi connectivity index (χ4v) is 5.37. The lowest BCUT2D eigenvalue weighted by Crippen LogP contribution is -2.48. The number of carbonyl (C=O) groups is 2. The molecule has 34 heavy (non-hydrogen) atoms. The zero-order chi connectivity index (χ0) is 24.5. The van der Waals surface area contributed by atoms with Gasteiger partial charge in [-0.05, 0) is 60.3 Å². The van der Waals surface area contributed by atoms with E-state index in [9.17, 15) is 9.59 Å². The Bertz CT molecular complexity index is 1040. The summed E-state index contributed by atoms with van der Waals surface area (Å²) < 4.78 is 11.9. The highest BCUT2D eigenvalue weighted by atomic mass is 28.4. The Labute approximate surface area is 204 Å². The number of fused-ring (bicyclic) bond motifs is 1. The average Bonchev–Trinajstić information content (AvgIpc) is 3.12. The smallest absolute Gasteiger partial charge is 0.410 e. The van der Waals surface area contributed by atoms with Crippen molar-refractivity contribution >= 4 is 26.0 Å². The van der Waals surface area contributed by atoms with Crippen molar-refractivity contribution < 1.29 is 18.8 Å². The van der Waals surface area contributed by atoms with E-state index in [0.29, 0.717) is 19.5 Å². The quantitative estimate of drug-likeness (QED) is 0.511. The first kappa shape index (κ1) is 24.3. The van der Waals surface area contributed by atoms with Gasteiger partial charge in [0.15, 0.2) is 0 Å². The number of nitrogens with zero attached hydrogens (tertiary/aromatic N) is 2. The van der Waals surface area contributed by atoms with E-state index < -0.39 is 8.32 Å². The van der Waals surface area contributed by atoms with Crippen LogP contribution in [0.25, 0.3) is 0 Å². The highest BCUT2D eigenvalue weighted by Gasteiger charge is 2.40. The van der Waals surface area contributed by atoms with E-state index in [-0.39, 0.29) is 29.7 Å². The number of amides is 2. The number of hydrogen-bond acceptors (Lipinski definition) is 4. The SMILES string of the molecule is CC(C)(C)[Si](C)(C)Oc1ccc2c(c1)CC(=O)N2C1CCN(C(=O)OCc2ccccc2)CC1. The van der Waals surface area contributed by atoms with Crippen LogP contribution in [0.2, 0.25) is 18.1 Å². The van der Waals surface area contributed by atoms with Gasteiger partial charge in [-0.1, -0.05) is 51.1 Å². The largest absolute Gasteiger partial charge is 0.543 e. The van der Waals surface area contributed by atoms with Crippen LogP contribution in [0.3, 0.4) is 0 Å². The molecule has 7 heteroatoms. The third-order valence-corrected chi connectivity index (χ3v) is 11.8. The second-order valence-electron chi connectivity index (χ2n) is 10.9. The van der Waals surface area contributed by atoms with E-state index in [1.165, 1.54) is 0 Å². The topological polar surface area (TPSA) is 59.1 Å². The number of anilines is 1. The molecule has 0 spiro atoms. The molecule has 0 aromatic heterocycles. The highest BCUT2D eigenvalue weighted by Crippen LogP contribution is 2.40. The molecule has 2 aliphatic rings. The lowest BCUT2D eigenvalue weighted by Gasteiger charge is -2.37. The Hall–Kier alpha value is -2.80. The molecule has 2 heterocycles. The molecule has 2 aromatic carbocycles. The van der Waals surface area contributed by atoms with Gasteiger partial charge in [-0.15, -0.1) is 0 Å². The first-order chi connectivity index (χ1) is 16.0. The number of benzene rings is 2. The summed E-state index contributed by atoms with van der Waals surface area (Å²) in [4.78, 5) is 29.1. The third-order valence-electron chi connectivity index (χ3n) is 7.39. The zero-order valence-electron chi connectivity index (χ0n) is 21.0. The number of hydrogen-bond donors (Lipinski definition) is 0. The average molecular weight is 481 g/mol. The van der Waals surface area contributed by atoms with Crippen LogP contribution in [-0.2, 0) is 22.6 Å². The fourth-order valence-electron chi connectivity index (χ4n) is 4.35. The first-order valence-corrected chi connectivity index (χ1v) is 15.1. The lowest BCUT2D eigenvalue weighted by atomic mass is 10.0. The van der Waals surface area contributed by atoms with E-state index in [2.05, 4.69) is 33.9 Å². The molecule has 0 aliphatic carbocycles. The van der Waals surface area contributed by atoms with Gasteiger partial charge < -0.3 is 19.0 Å². The second kappa shape index (κ2) is 9.45. The number of carbonyl (C=O) groups excluding carboxylic acids is 2. The van der Waals surface area contributed by atoms with Gasteiger partial charge in [-0.3, -0.25) is 4.79 Å². The minimum Gasteiger partial charge on any atom is -0.543 e. The Morgan fingerprint density at radius 3 is 2.38 bits per heavy atom. The minimum atomic E-state index is -1.94. The third kappa shape index (κ3) is 5.14. The Morgan fingerprint density at radius 2 is 1.74 bits per heavy atom. The van der Waals surface area contributed by atoms with Crippen molar-refractivity contribution in [2.24, 2.45) is 0 Å². The fraction of sp³-hybridized carbons (Fsp3) is 0.481. The standard InChI is InChI=1S/C27H36N2O4Si/c1-27(2,3)34(4,5)33-23-11-12-24-21(17-23)18-25(30)29(24)22-13-15-28(16-14-22)26(31)32-19-20-9-7-6-8-10-20/h6-12,17,22H,13-16,18-19H2,1-5H3. The molecule has 2 aromatic rings. The van der Waals surface area contributed by atoms with E-state index in [4.69, 9.17) is 9.16 Å². The van der Waals surface area contributed by atoms with Gasteiger partial charge in [0, 0.05) is 24.8 Å². The van der Waals surface area contributed by atoms with Gasteiger partial charge in [-0.25, -0.2) is 4.79 Å². The van der Waals surface area contributed by atoms with Crippen LogP contribution in [0, 0.1) is 0 Å². The van der Waals surface area contributed by atoms with Gasteiger partial charge in [0.2, 0.25) is 14.2 Å². The zero-order valence-corrected chi connectivity index (χ0v) is 22.0. The van der Waals surface area contributed by atoms with Crippen molar-refractivity contribution in [2.75, 3.05) is 18.0 Å². The predicted octanol–water partition coefficient (Wildman–Crippen LogP) is 5.76. The van der Waals surface area contributed by atoms with Crippen LogP contribution in [0.15, 0.2) is 48.5 Å². The summed E-state index contributed by atoms with van der Waals surface area (Å²) in [6.45, 7) is 12.6. The first-order valence-electron chi connectivity index (χ1n) is 12.1. The molecule has 0 bridgehead atoms. The molecule has 0 radical (unpaired) electrons. The lowest BCUT2D eigenvalue weighted by molar-refractivity contribution is -0.118. The molecule has 0 atom stereocenters. The van der Waals surface area contributed by atoms with E-state index in [0.717, 1.165) is 35.4 Å². The van der Waals surface area contributed by atoms with Crippen molar-refractivity contribution in [2.45, 2.75) is 70.8 Å². The summed E-state index contributed by atoms with van der Waals surface area (Å²) in [5, 5.41) is 0.115. The molecule has 0 N–H and O–H groups in total. The van der Waals surface area contributed by atoms with Crippen LogP contribution in [0.1, 0.15) is 44.7 Å². The van der Waals surface area contributed by atoms with E-state index in [1.54, 1.807) is 4.90 Å².